The van der Waals surface area contributed by atoms with E-state index in [2.05, 4.69) is 0 Å². The molecular formula is C24H15Cl3FNO4. The van der Waals surface area contributed by atoms with E-state index in [1.807, 2.05) is 0 Å². The Labute approximate surface area is 203 Å². The molecule has 0 bridgehead atoms. The van der Waals surface area contributed by atoms with Gasteiger partial charge in [0.1, 0.15) is 17.3 Å². The van der Waals surface area contributed by atoms with Crippen molar-refractivity contribution in [1.82, 2.24) is 0 Å². The van der Waals surface area contributed by atoms with Crippen molar-refractivity contribution in [2.45, 2.75) is 6.04 Å². The lowest BCUT2D eigenvalue weighted by Gasteiger charge is -2.25. The molecule has 1 heterocycles. The van der Waals surface area contributed by atoms with E-state index in [0.29, 0.717) is 5.56 Å². The number of nitrogens with zero attached hydrogens (tertiary/aromatic N) is 1. The average molecular weight is 507 g/mol. The van der Waals surface area contributed by atoms with Crippen molar-refractivity contribution in [2.75, 3.05) is 12.0 Å². The van der Waals surface area contributed by atoms with Gasteiger partial charge in [-0.2, -0.15) is 0 Å². The Balaban J connectivity index is 2.00. The number of ether oxygens (including phenoxy) is 1. The van der Waals surface area contributed by atoms with Crippen LogP contribution in [-0.4, -0.2) is 23.9 Å². The first-order chi connectivity index (χ1) is 15.7. The highest BCUT2D eigenvalue weighted by Gasteiger charge is 2.47. The second-order valence-corrected chi connectivity index (χ2v) is 8.40. The van der Waals surface area contributed by atoms with Gasteiger partial charge in [0.05, 0.1) is 34.3 Å². The monoisotopic (exact) mass is 505 g/mol. The summed E-state index contributed by atoms with van der Waals surface area (Å²) in [4.78, 5) is 27.5. The van der Waals surface area contributed by atoms with Gasteiger partial charge in [-0.15, -0.1) is 0 Å². The van der Waals surface area contributed by atoms with Crippen molar-refractivity contribution in [3.8, 4) is 5.75 Å². The number of anilines is 1. The van der Waals surface area contributed by atoms with E-state index in [9.17, 15) is 19.1 Å². The van der Waals surface area contributed by atoms with Crippen molar-refractivity contribution < 1.29 is 23.8 Å². The number of methoxy groups -OCH3 is 1. The van der Waals surface area contributed by atoms with Crippen LogP contribution in [-0.2, 0) is 9.59 Å². The van der Waals surface area contributed by atoms with Crippen LogP contribution in [0.15, 0.2) is 66.2 Å². The summed E-state index contributed by atoms with van der Waals surface area (Å²) in [7, 11) is 1.35. The highest BCUT2D eigenvalue weighted by atomic mass is 35.5. The van der Waals surface area contributed by atoms with Crippen LogP contribution in [0.25, 0.3) is 5.76 Å². The van der Waals surface area contributed by atoms with Gasteiger partial charge in [0, 0.05) is 10.7 Å². The lowest BCUT2D eigenvalue weighted by atomic mass is 9.95. The average Bonchev–Trinajstić information content (AvgIpc) is 3.06. The molecule has 1 atom stereocenters. The molecule has 9 heteroatoms. The van der Waals surface area contributed by atoms with Crippen molar-refractivity contribution in [3.63, 3.8) is 0 Å². The molecule has 0 spiro atoms. The van der Waals surface area contributed by atoms with E-state index >= 15 is 0 Å². The number of aliphatic hydroxyl groups excluding tert-OH is 1. The van der Waals surface area contributed by atoms with Crippen LogP contribution >= 0.6 is 34.8 Å². The summed E-state index contributed by atoms with van der Waals surface area (Å²) in [6, 6.07) is 14.1. The second kappa shape index (κ2) is 9.06. The van der Waals surface area contributed by atoms with Gasteiger partial charge in [-0.05, 0) is 35.9 Å². The quantitative estimate of drug-likeness (QED) is 0.252. The summed E-state index contributed by atoms with van der Waals surface area (Å²) < 4.78 is 19.1. The molecule has 0 saturated carbocycles. The number of hydrogen-bond donors (Lipinski definition) is 1. The summed E-state index contributed by atoms with van der Waals surface area (Å²) in [6.07, 6.45) is 0. The Kier molecular flexibility index (Phi) is 6.34. The largest absolute Gasteiger partial charge is 0.507 e. The van der Waals surface area contributed by atoms with Crippen LogP contribution in [0.2, 0.25) is 15.1 Å². The Hall–Kier alpha value is -3.06. The van der Waals surface area contributed by atoms with E-state index in [1.54, 1.807) is 30.3 Å². The predicted molar refractivity (Wildman–Crippen MR) is 126 cm³/mol. The van der Waals surface area contributed by atoms with Crippen LogP contribution in [0.1, 0.15) is 17.2 Å². The number of ketones is 1. The Morgan fingerprint density at radius 3 is 2.33 bits per heavy atom. The number of rotatable bonds is 4. The maximum absolute atomic E-state index is 13.8. The van der Waals surface area contributed by atoms with Crippen LogP contribution in [0.4, 0.5) is 10.1 Å². The lowest BCUT2D eigenvalue weighted by molar-refractivity contribution is -0.132. The fourth-order valence-corrected chi connectivity index (χ4v) is 4.52. The van der Waals surface area contributed by atoms with E-state index in [1.165, 1.54) is 31.4 Å². The Morgan fingerprint density at radius 1 is 1.00 bits per heavy atom. The molecule has 0 aromatic heterocycles. The number of aliphatic hydroxyl groups is 1. The molecule has 3 aromatic rings. The van der Waals surface area contributed by atoms with Gasteiger partial charge >= 0.3 is 0 Å². The topological polar surface area (TPSA) is 66.8 Å². The lowest BCUT2D eigenvalue weighted by Crippen LogP contribution is -2.29. The zero-order chi connectivity index (χ0) is 23.9. The van der Waals surface area contributed by atoms with Crippen molar-refractivity contribution in [1.29, 1.82) is 0 Å². The van der Waals surface area contributed by atoms with Gasteiger partial charge in [0.2, 0.25) is 0 Å². The molecule has 0 radical (unpaired) electrons. The first kappa shape index (κ1) is 23.1. The standard InChI is InChI=1S/C24H15Cl3FNO4/c1-33-23-15(9-13(25)10-17(23)27)21(30)19-20(12-5-3-2-4-6-12)29(24(32)22(19)31)14-7-8-18(28)16(26)11-14/h2-11,20,30H,1H3/b21-19+. The SMILES string of the molecule is COc1c(Cl)cc(Cl)cc1/C(O)=C1\C(=O)C(=O)N(c2ccc(F)c(Cl)c2)C1c1ccccc1. The number of benzene rings is 3. The summed E-state index contributed by atoms with van der Waals surface area (Å²) in [5.74, 6) is -2.97. The number of halogens is 4. The number of carbonyl (C=O) groups is 2. The minimum Gasteiger partial charge on any atom is -0.507 e. The van der Waals surface area contributed by atoms with E-state index < -0.39 is 29.3 Å². The highest BCUT2D eigenvalue weighted by molar-refractivity contribution is 6.52. The summed E-state index contributed by atoms with van der Waals surface area (Å²) >= 11 is 18.3. The first-order valence-electron chi connectivity index (χ1n) is 9.59. The third-order valence-electron chi connectivity index (χ3n) is 5.21. The molecule has 4 rings (SSSR count). The van der Waals surface area contributed by atoms with Gasteiger partial charge in [-0.3, -0.25) is 14.5 Å². The molecule has 1 unspecified atom stereocenters. The minimum atomic E-state index is -1.03. The van der Waals surface area contributed by atoms with E-state index in [-0.39, 0.29) is 37.6 Å². The van der Waals surface area contributed by atoms with Crippen LogP contribution < -0.4 is 9.64 Å². The number of amides is 1. The molecule has 1 amide bonds. The second-order valence-electron chi connectivity index (χ2n) is 7.15. The van der Waals surface area contributed by atoms with Crippen LogP contribution in [0.5, 0.6) is 5.75 Å². The summed E-state index contributed by atoms with van der Waals surface area (Å²) in [5, 5.41) is 11.3. The van der Waals surface area contributed by atoms with Crippen LogP contribution in [0, 0.1) is 5.82 Å². The Morgan fingerprint density at radius 2 is 1.70 bits per heavy atom. The van der Waals surface area contributed by atoms with Gasteiger partial charge < -0.3 is 9.84 Å². The summed E-state index contributed by atoms with van der Waals surface area (Å²) in [6.45, 7) is 0. The third-order valence-corrected chi connectivity index (χ3v) is 6.00. The molecule has 0 aliphatic carbocycles. The third kappa shape index (κ3) is 4.06. The van der Waals surface area contributed by atoms with Gasteiger partial charge in [0.15, 0.2) is 0 Å². The van der Waals surface area contributed by atoms with Gasteiger partial charge in [-0.1, -0.05) is 65.1 Å². The number of carbonyl (C=O) groups excluding carboxylic acids is 2. The normalized spacial score (nSPS) is 17.5. The fraction of sp³-hybridized carbons (Fsp3) is 0.0833. The molecule has 3 aromatic carbocycles. The molecule has 168 valence electrons. The van der Waals surface area contributed by atoms with Gasteiger partial charge in [-0.25, -0.2) is 4.39 Å². The molecular weight excluding hydrogens is 492 g/mol. The fourth-order valence-electron chi connectivity index (χ4n) is 3.77. The molecule has 1 aliphatic rings. The van der Waals surface area contributed by atoms with Gasteiger partial charge in [0.25, 0.3) is 11.7 Å². The van der Waals surface area contributed by atoms with E-state index in [0.717, 1.165) is 11.0 Å². The van der Waals surface area contributed by atoms with Crippen molar-refractivity contribution in [2.24, 2.45) is 0 Å². The van der Waals surface area contributed by atoms with Crippen LogP contribution in [0.3, 0.4) is 0 Å². The zero-order valence-corrected chi connectivity index (χ0v) is 19.2. The minimum absolute atomic E-state index is 0.0473. The molecule has 33 heavy (non-hydrogen) atoms. The first-order valence-corrected chi connectivity index (χ1v) is 10.7. The van der Waals surface area contributed by atoms with Crippen molar-refractivity contribution in [3.05, 3.63) is 98.2 Å². The maximum Gasteiger partial charge on any atom is 0.300 e. The molecule has 1 aliphatic heterocycles. The smallest absolute Gasteiger partial charge is 0.300 e. The molecule has 1 fully saturated rings. The maximum atomic E-state index is 13.8. The molecule has 5 nitrogen and oxygen atoms in total. The predicted octanol–water partition coefficient (Wildman–Crippen LogP) is 6.42. The van der Waals surface area contributed by atoms with Crippen molar-refractivity contribution >= 4 is 57.9 Å². The molecule has 1 saturated heterocycles. The number of hydrogen-bond acceptors (Lipinski definition) is 4. The highest BCUT2D eigenvalue weighted by Crippen LogP contribution is 2.45. The van der Waals surface area contributed by atoms with E-state index in [4.69, 9.17) is 39.5 Å². The molecule has 1 N–H and O–H groups in total. The number of Topliss-reactive ketones (excluding diaryl/α,β-unsaturated/α-hetero) is 1. The summed E-state index contributed by atoms with van der Waals surface area (Å²) in [5.41, 5.74) is 0.563. The Bertz CT molecular complexity index is 1310. The zero-order valence-electron chi connectivity index (χ0n) is 17.0.